The summed E-state index contributed by atoms with van der Waals surface area (Å²) in [6, 6.07) is 10.6. The molecular formula is C24H27N7O3. The van der Waals surface area contributed by atoms with Crippen LogP contribution in [0.5, 0.6) is 0 Å². The third kappa shape index (κ3) is 4.95. The number of fused-ring (bicyclic) bond motifs is 1. The van der Waals surface area contributed by atoms with Gasteiger partial charge in [0.2, 0.25) is 5.91 Å². The number of hydrogen-bond donors (Lipinski definition) is 2. The van der Waals surface area contributed by atoms with Crippen molar-refractivity contribution in [3.63, 3.8) is 0 Å². The van der Waals surface area contributed by atoms with Gasteiger partial charge in [0.15, 0.2) is 5.82 Å². The van der Waals surface area contributed by atoms with E-state index in [0.29, 0.717) is 48.1 Å². The third-order valence-corrected chi connectivity index (χ3v) is 5.47. The summed E-state index contributed by atoms with van der Waals surface area (Å²) in [6.07, 6.45) is 0.629. The predicted octanol–water partition coefficient (Wildman–Crippen LogP) is 2.19. The first-order chi connectivity index (χ1) is 16.3. The molecule has 0 saturated carbocycles. The van der Waals surface area contributed by atoms with E-state index in [2.05, 4.69) is 25.7 Å². The summed E-state index contributed by atoms with van der Waals surface area (Å²) in [7, 11) is 0. The van der Waals surface area contributed by atoms with Crippen LogP contribution < -0.4 is 10.6 Å². The quantitative estimate of drug-likeness (QED) is 0.370. The van der Waals surface area contributed by atoms with Gasteiger partial charge in [-0.15, -0.1) is 0 Å². The smallest absolute Gasteiger partial charge is 0.261 e. The molecule has 0 aliphatic carbocycles. The van der Waals surface area contributed by atoms with E-state index in [1.807, 2.05) is 32.9 Å². The number of hydrogen-bond acceptors (Lipinski definition) is 7. The number of carbonyl (C=O) groups excluding carboxylic acids is 3. The van der Waals surface area contributed by atoms with Gasteiger partial charge in [-0.05, 0) is 45.4 Å². The van der Waals surface area contributed by atoms with Crippen molar-refractivity contribution in [1.29, 1.82) is 0 Å². The lowest BCUT2D eigenvalue weighted by Crippen LogP contribution is -2.33. The zero-order valence-corrected chi connectivity index (χ0v) is 19.5. The van der Waals surface area contributed by atoms with Crippen LogP contribution in [-0.2, 0) is 4.79 Å². The number of nitrogens with zero attached hydrogens (tertiary/aromatic N) is 5. The molecule has 0 unspecified atom stereocenters. The van der Waals surface area contributed by atoms with E-state index in [1.165, 1.54) is 4.90 Å². The first-order valence-electron chi connectivity index (χ1n) is 11.2. The summed E-state index contributed by atoms with van der Waals surface area (Å²) in [4.78, 5) is 47.0. The van der Waals surface area contributed by atoms with Crippen molar-refractivity contribution in [3.05, 3.63) is 64.7 Å². The van der Waals surface area contributed by atoms with Gasteiger partial charge >= 0.3 is 0 Å². The average molecular weight is 462 g/mol. The molecule has 2 N–H and O–H groups in total. The Hall–Kier alpha value is -4.08. The minimum absolute atomic E-state index is 0.138. The fraction of sp³-hybridized carbons (Fsp3) is 0.333. The first-order valence-corrected chi connectivity index (χ1v) is 11.2. The molecule has 0 radical (unpaired) electrons. The largest absolute Gasteiger partial charge is 0.368 e. The van der Waals surface area contributed by atoms with Crippen LogP contribution in [0.1, 0.15) is 50.8 Å². The van der Waals surface area contributed by atoms with Crippen molar-refractivity contribution in [1.82, 2.24) is 30.0 Å². The summed E-state index contributed by atoms with van der Waals surface area (Å²) < 4.78 is 1.77. The molecule has 2 aromatic heterocycles. The van der Waals surface area contributed by atoms with Gasteiger partial charge in [-0.3, -0.25) is 19.3 Å². The molecule has 3 aromatic rings. The molecule has 0 bridgehead atoms. The Morgan fingerprint density at radius 3 is 2.32 bits per heavy atom. The highest BCUT2D eigenvalue weighted by molar-refractivity contribution is 6.21. The molecule has 10 heteroatoms. The molecule has 10 nitrogen and oxygen atoms in total. The molecular weight excluding hydrogens is 434 g/mol. The van der Waals surface area contributed by atoms with E-state index >= 15 is 0 Å². The van der Waals surface area contributed by atoms with E-state index in [9.17, 15) is 14.4 Å². The molecule has 0 atom stereocenters. The zero-order chi connectivity index (χ0) is 24.2. The van der Waals surface area contributed by atoms with Crippen LogP contribution in [0.15, 0.2) is 36.4 Å². The Morgan fingerprint density at radius 1 is 0.971 bits per heavy atom. The fourth-order valence-corrected chi connectivity index (χ4v) is 3.93. The van der Waals surface area contributed by atoms with Gasteiger partial charge in [0.25, 0.3) is 11.8 Å². The number of benzene rings is 1. The minimum Gasteiger partial charge on any atom is -0.368 e. The second kappa shape index (κ2) is 9.82. The number of aryl methyl sites for hydroxylation is 3. The molecule has 1 aliphatic heterocycles. The number of imide groups is 1. The molecule has 0 fully saturated rings. The normalized spacial score (nSPS) is 12.7. The highest BCUT2D eigenvalue weighted by Gasteiger charge is 2.34. The van der Waals surface area contributed by atoms with Crippen LogP contribution in [-0.4, -0.2) is 62.0 Å². The number of nitrogens with one attached hydrogen (secondary N) is 2. The molecule has 3 amide bonds. The maximum absolute atomic E-state index is 12.4. The second-order valence-electron chi connectivity index (χ2n) is 8.19. The highest BCUT2D eigenvalue weighted by Crippen LogP contribution is 2.22. The van der Waals surface area contributed by atoms with Crippen LogP contribution in [0.25, 0.3) is 5.82 Å². The summed E-state index contributed by atoms with van der Waals surface area (Å²) in [5, 5.41) is 10.5. The summed E-state index contributed by atoms with van der Waals surface area (Å²) in [5.74, 6) is 1.20. The van der Waals surface area contributed by atoms with Gasteiger partial charge in [-0.2, -0.15) is 5.10 Å². The number of amides is 3. The summed E-state index contributed by atoms with van der Waals surface area (Å²) in [5.41, 5.74) is 2.73. The Bertz CT molecular complexity index is 1220. The van der Waals surface area contributed by atoms with E-state index < -0.39 is 0 Å². The standard InChI is InChI=1S/C24H27N7O3/c1-15-13-16(2)31(29-15)21-14-20(27-17(3)28-21)25-10-11-26-22(32)9-6-12-30-23(33)18-7-4-5-8-19(18)24(30)34/h4-5,7-8,13-14H,6,9-12H2,1-3H3,(H,26,32)(H,25,27,28). The van der Waals surface area contributed by atoms with Crippen molar-refractivity contribution in [3.8, 4) is 5.82 Å². The lowest BCUT2D eigenvalue weighted by Gasteiger charge is -2.13. The van der Waals surface area contributed by atoms with Crippen LogP contribution in [0, 0.1) is 20.8 Å². The van der Waals surface area contributed by atoms with Gasteiger partial charge in [-0.25, -0.2) is 14.6 Å². The highest BCUT2D eigenvalue weighted by atomic mass is 16.2. The number of rotatable bonds is 9. The van der Waals surface area contributed by atoms with Crippen LogP contribution in [0.2, 0.25) is 0 Å². The molecule has 0 saturated heterocycles. The predicted molar refractivity (Wildman–Crippen MR) is 126 cm³/mol. The van der Waals surface area contributed by atoms with E-state index in [0.717, 1.165) is 11.4 Å². The Kier molecular flexibility index (Phi) is 6.67. The number of aromatic nitrogens is 4. The van der Waals surface area contributed by atoms with Crippen molar-refractivity contribution in [2.24, 2.45) is 0 Å². The van der Waals surface area contributed by atoms with Gasteiger partial charge in [-0.1, -0.05) is 12.1 Å². The first kappa shape index (κ1) is 23.1. The molecule has 34 heavy (non-hydrogen) atoms. The van der Waals surface area contributed by atoms with Crippen molar-refractivity contribution >= 4 is 23.5 Å². The van der Waals surface area contributed by atoms with Gasteiger partial charge in [0.05, 0.1) is 16.8 Å². The average Bonchev–Trinajstić information content (AvgIpc) is 3.27. The molecule has 3 heterocycles. The minimum atomic E-state index is -0.301. The SMILES string of the molecule is Cc1cc(C)n(-c2cc(NCCNC(=O)CCCN3C(=O)c4ccccc4C3=O)nc(C)n2)n1. The number of anilines is 1. The van der Waals surface area contributed by atoms with Crippen molar-refractivity contribution in [2.45, 2.75) is 33.6 Å². The topological polar surface area (TPSA) is 122 Å². The fourth-order valence-electron chi connectivity index (χ4n) is 3.93. The maximum Gasteiger partial charge on any atom is 0.261 e. The summed E-state index contributed by atoms with van der Waals surface area (Å²) in [6.45, 7) is 6.82. The molecule has 4 rings (SSSR count). The van der Waals surface area contributed by atoms with Gasteiger partial charge in [0, 0.05) is 37.8 Å². The van der Waals surface area contributed by atoms with Crippen LogP contribution in [0.4, 0.5) is 5.82 Å². The Labute approximate surface area is 197 Å². The monoisotopic (exact) mass is 461 g/mol. The van der Waals surface area contributed by atoms with E-state index in [4.69, 9.17) is 0 Å². The second-order valence-corrected chi connectivity index (χ2v) is 8.19. The van der Waals surface area contributed by atoms with E-state index in [1.54, 1.807) is 28.9 Å². The maximum atomic E-state index is 12.4. The molecule has 1 aromatic carbocycles. The van der Waals surface area contributed by atoms with Crippen LogP contribution >= 0.6 is 0 Å². The third-order valence-electron chi connectivity index (χ3n) is 5.47. The zero-order valence-electron chi connectivity index (χ0n) is 19.5. The summed E-state index contributed by atoms with van der Waals surface area (Å²) >= 11 is 0. The molecule has 176 valence electrons. The molecule has 1 aliphatic rings. The Balaban J connectivity index is 1.21. The van der Waals surface area contributed by atoms with Crippen molar-refractivity contribution < 1.29 is 14.4 Å². The molecule has 0 spiro atoms. The van der Waals surface area contributed by atoms with E-state index in [-0.39, 0.29) is 30.7 Å². The van der Waals surface area contributed by atoms with Gasteiger partial charge in [0.1, 0.15) is 11.6 Å². The lowest BCUT2D eigenvalue weighted by molar-refractivity contribution is -0.121. The lowest BCUT2D eigenvalue weighted by atomic mass is 10.1. The van der Waals surface area contributed by atoms with Gasteiger partial charge < -0.3 is 10.6 Å². The number of carbonyl (C=O) groups is 3. The van der Waals surface area contributed by atoms with Crippen molar-refractivity contribution in [2.75, 3.05) is 25.0 Å². The van der Waals surface area contributed by atoms with Crippen LogP contribution in [0.3, 0.4) is 0 Å². The Morgan fingerprint density at radius 2 is 1.68 bits per heavy atom.